The van der Waals surface area contributed by atoms with Crippen LogP contribution in [0.3, 0.4) is 0 Å². The van der Waals surface area contributed by atoms with E-state index in [2.05, 4.69) is 20.5 Å². The number of likely N-dealkylation sites (tertiary alicyclic amines) is 1. The van der Waals surface area contributed by atoms with Gasteiger partial charge in [-0.1, -0.05) is 6.07 Å². The van der Waals surface area contributed by atoms with Crippen molar-refractivity contribution in [1.82, 2.24) is 15.5 Å². The molecule has 0 spiro atoms. The summed E-state index contributed by atoms with van der Waals surface area (Å²) in [5, 5.41) is 6.50. The second-order valence-electron chi connectivity index (χ2n) is 6.76. The molecule has 0 radical (unpaired) electrons. The summed E-state index contributed by atoms with van der Waals surface area (Å²) >= 11 is 0. The number of halogens is 2. The predicted molar refractivity (Wildman–Crippen MR) is 100 cm³/mol. The normalized spacial score (nSPS) is 18.0. The Labute approximate surface area is 154 Å². The molecular formula is C19H30F2N4O. The minimum Gasteiger partial charge on any atom is -0.383 e. The lowest BCUT2D eigenvalue weighted by molar-refractivity contribution is 0.121. The molecule has 2 rings (SSSR count). The molecule has 5 nitrogen and oxygen atoms in total. The Morgan fingerprint density at radius 3 is 2.69 bits per heavy atom. The zero-order valence-corrected chi connectivity index (χ0v) is 15.9. The van der Waals surface area contributed by atoms with Crippen molar-refractivity contribution in [2.45, 2.75) is 25.8 Å². The maximum Gasteiger partial charge on any atom is 0.191 e. The molecule has 0 bridgehead atoms. The Morgan fingerprint density at radius 1 is 1.35 bits per heavy atom. The Morgan fingerprint density at radius 2 is 2.08 bits per heavy atom. The minimum absolute atomic E-state index is 0.308. The van der Waals surface area contributed by atoms with Crippen LogP contribution in [0.4, 0.5) is 8.78 Å². The first-order chi connectivity index (χ1) is 12.5. The highest BCUT2D eigenvalue weighted by molar-refractivity contribution is 5.80. The van der Waals surface area contributed by atoms with Crippen molar-refractivity contribution in [3.63, 3.8) is 0 Å². The highest BCUT2D eigenvalue weighted by Gasteiger charge is 2.19. The van der Waals surface area contributed by atoms with Gasteiger partial charge in [-0.25, -0.2) is 8.78 Å². The molecule has 146 valence electrons. The quantitative estimate of drug-likeness (QED) is 0.574. The molecule has 1 aliphatic heterocycles. The molecule has 1 aliphatic rings. The van der Waals surface area contributed by atoms with Crippen LogP contribution in [0.15, 0.2) is 23.2 Å². The van der Waals surface area contributed by atoms with E-state index in [0.717, 1.165) is 51.7 Å². The van der Waals surface area contributed by atoms with E-state index in [4.69, 9.17) is 4.74 Å². The number of nitrogens with zero attached hydrogens (tertiary/aromatic N) is 2. The maximum absolute atomic E-state index is 13.9. The van der Waals surface area contributed by atoms with E-state index < -0.39 is 11.6 Å². The van der Waals surface area contributed by atoms with Crippen LogP contribution >= 0.6 is 0 Å². The van der Waals surface area contributed by atoms with Crippen molar-refractivity contribution in [2.75, 3.05) is 46.9 Å². The predicted octanol–water partition coefficient (Wildman–Crippen LogP) is 2.55. The number of nitrogens with one attached hydrogen (secondary N) is 2. The van der Waals surface area contributed by atoms with Gasteiger partial charge in [0.05, 0.1) is 12.6 Å². The Hall–Kier alpha value is -1.73. The zero-order chi connectivity index (χ0) is 18.9. The second kappa shape index (κ2) is 10.4. The molecule has 0 amide bonds. The van der Waals surface area contributed by atoms with Gasteiger partial charge in [-0.3, -0.25) is 4.99 Å². The fourth-order valence-corrected chi connectivity index (χ4v) is 3.21. The van der Waals surface area contributed by atoms with E-state index in [1.165, 1.54) is 12.1 Å². The topological polar surface area (TPSA) is 48.9 Å². The van der Waals surface area contributed by atoms with Crippen LogP contribution in [0.1, 0.15) is 31.4 Å². The summed E-state index contributed by atoms with van der Waals surface area (Å²) in [6.07, 6.45) is 2.27. The smallest absolute Gasteiger partial charge is 0.191 e. The van der Waals surface area contributed by atoms with Gasteiger partial charge < -0.3 is 20.3 Å². The zero-order valence-electron chi connectivity index (χ0n) is 15.9. The standard InChI is InChI=1S/C19H30F2N4O/c1-14(17-5-4-16(20)12-18(17)21)24-19(22-2)23-13-15-6-8-25(9-7-15)10-11-26-3/h4-5,12,14-15H,6-11,13H2,1-3H3,(H2,22,23,24). The molecule has 0 saturated carbocycles. The molecule has 1 heterocycles. The molecule has 1 aromatic rings. The van der Waals surface area contributed by atoms with Crippen LogP contribution in [0.2, 0.25) is 0 Å². The lowest BCUT2D eigenvalue weighted by Gasteiger charge is -2.32. The van der Waals surface area contributed by atoms with Crippen LogP contribution in [-0.2, 0) is 4.74 Å². The molecule has 7 heteroatoms. The summed E-state index contributed by atoms with van der Waals surface area (Å²) < 4.78 is 32.1. The summed E-state index contributed by atoms with van der Waals surface area (Å²) in [4.78, 5) is 6.63. The van der Waals surface area contributed by atoms with Gasteiger partial charge in [0.2, 0.25) is 0 Å². The molecule has 1 aromatic carbocycles. The van der Waals surface area contributed by atoms with Crippen LogP contribution in [0.5, 0.6) is 0 Å². The molecule has 2 N–H and O–H groups in total. The van der Waals surface area contributed by atoms with Gasteiger partial charge in [-0.05, 0) is 44.8 Å². The lowest BCUT2D eigenvalue weighted by atomic mass is 9.97. The van der Waals surface area contributed by atoms with E-state index in [1.54, 1.807) is 14.2 Å². The van der Waals surface area contributed by atoms with E-state index >= 15 is 0 Å². The van der Waals surface area contributed by atoms with E-state index in [0.29, 0.717) is 17.4 Å². The number of piperidine rings is 1. The van der Waals surface area contributed by atoms with E-state index in [-0.39, 0.29) is 6.04 Å². The van der Waals surface area contributed by atoms with Crippen molar-refractivity contribution in [2.24, 2.45) is 10.9 Å². The van der Waals surface area contributed by atoms with Gasteiger partial charge in [0, 0.05) is 38.9 Å². The first-order valence-corrected chi connectivity index (χ1v) is 9.17. The average Bonchev–Trinajstić information content (AvgIpc) is 2.64. The third-order valence-corrected chi connectivity index (χ3v) is 4.88. The van der Waals surface area contributed by atoms with Gasteiger partial charge in [-0.15, -0.1) is 0 Å². The Balaban J connectivity index is 1.77. The highest BCUT2D eigenvalue weighted by Crippen LogP contribution is 2.18. The highest BCUT2D eigenvalue weighted by atomic mass is 19.1. The van der Waals surface area contributed by atoms with Crippen molar-refractivity contribution >= 4 is 5.96 Å². The molecule has 0 aromatic heterocycles. The summed E-state index contributed by atoms with van der Waals surface area (Å²) in [6.45, 7) is 6.59. The van der Waals surface area contributed by atoms with Gasteiger partial charge in [-0.2, -0.15) is 0 Å². The average molecular weight is 368 g/mol. The molecule has 0 aliphatic carbocycles. The van der Waals surface area contributed by atoms with Crippen LogP contribution < -0.4 is 10.6 Å². The van der Waals surface area contributed by atoms with Gasteiger partial charge in [0.25, 0.3) is 0 Å². The largest absolute Gasteiger partial charge is 0.383 e. The van der Waals surface area contributed by atoms with Crippen molar-refractivity contribution in [1.29, 1.82) is 0 Å². The fraction of sp³-hybridized carbons (Fsp3) is 0.632. The third-order valence-electron chi connectivity index (χ3n) is 4.88. The molecule has 1 atom stereocenters. The maximum atomic E-state index is 13.9. The van der Waals surface area contributed by atoms with E-state index in [1.807, 2.05) is 6.92 Å². The molecule has 26 heavy (non-hydrogen) atoms. The summed E-state index contributed by atoms with van der Waals surface area (Å²) in [5.41, 5.74) is 0.417. The molecule has 1 fully saturated rings. The Bertz CT molecular complexity index is 589. The summed E-state index contributed by atoms with van der Waals surface area (Å²) in [6, 6.07) is 3.33. The lowest BCUT2D eigenvalue weighted by Crippen LogP contribution is -2.44. The number of guanidine groups is 1. The minimum atomic E-state index is -0.571. The first-order valence-electron chi connectivity index (χ1n) is 9.17. The van der Waals surface area contributed by atoms with Crippen molar-refractivity contribution < 1.29 is 13.5 Å². The first kappa shape index (κ1) is 20.6. The molecular weight excluding hydrogens is 338 g/mol. The number of methoxy groups -OCH3 is 1. The second-order valence-corrected chi connectivity index (χ2v) is 6.76. The van der Waals surface area contributed by atoms with Crippen LogP contribution in [0.25, 0.3) is 0 Å². The monoisotopic (exact) mass is 368 g/mol. The fourth-order valence-electron chi connectivity index (χ4n) is 3.21. The van der Waals surface area contributed by atoms with Crippen LogP contribution in [0, 0.1) is 17.6 Å². The molecule has 1 unspecified atom stereocenters. The number of aliphatic imine (C=N–C) groups is 1. The van der Waals surface area contributed by atoms with Crippen molar-refractivity contribution in [3.05, 3.63) is 35.4 Å². The number of ether oxygens (including phenoxy) is 1. The number of hydrogen-bond donors (Lipinski definition) is 2. The van der Waals surface area contributed by atoms with Crippen LogP contribution in [-0.4, -0.2) is 57.8 Å². The molecule has 1 saturated heterocycles. The Kier molecular flexibility index (Phi) is 8.25. The van der Waals surface area contributed by atoms with Gasteiger partial charge in [0.1, 0.15) is 11.6 Å². The third kappa shape index (κ3) is 6.21. The number of hydrogen-bond acceptors (Lipinski definition) is 3. The van der Waals surface area contributed by atoms with E-state index in [9.17, 15) is 8.78 Å². The number of rotatable bonds is 7. The summed E-state index contributed by atoms with van der Waals surface area (Å²) in [7, 11) is 3.42. The van der Waals surface area contributed by atoms with Crippen molar-refractivity contribution in [3.8, 4) is 0 Å². The van der Waals surface area contributed by atoms with Gasteiger partial charge in [0.15, 0.2) is 5.96 Å². The SMILES string of the molecule is CN=C(NCC1CCN(CCOC)CC1)NC(C)c1ccc(F)cc1F. The number of benzene rings is 1. The summed E-state index contributed by atoms with van der Waals surface area (Å²) in [5.74, 6) is 0.0925. The van der Waals surface area contributed by atoms with Gasteiger partial charge >= 0.3 is 0 Å².